The first kappa shape index (κ1) is 29.6. The molecule has 0 atom stereocenters. The van der Waals surface area contributed by atoms with Crippen LogP contribution in [0.1, 0.15) is 0 Å². The van der Waals surface area contributed by atoms with Crippen LogP contribution in [-0.4, -0.2) is 0 Å². The van der Waals surface area contributed by atoms with Gasteiger partial charge in [-0.1, -0.05) is 152 Å². The molecule has 9 aromatic carbocycles. The van der Waals surface area contributed by atoms with Crippen molar-refractivity contribution in [3.63, 3.8) is 0 Å². The maximum absolute atomic E-state index is 6.91. The molecule has 0 spiro atoms. The molecule has 0 saturated heterocycles. The van der Waals surface area contributed by atoms with Crippen LogP contribution in [0.25, 0.3) is 87.7 Å². The third-order valence-electron chi connectivity index (χ3n) is 10.7. The summed E-state index contributed by atoms with van der Waals surface area (Å²) in [6, 6.07) is 66.6. The topological polar surface area (TPSA) is 29.5 Å². The van der Waals surface area contributed by atoms with E-state index < -0.39 is 0 Å². The Balaban J connectivity index is 1.23. The van der Waals surface area contributed by atoms with Crippen LogP contribution in [0.3, 0.4) is 0 Å². The highest BCUT2D eigenvalue weighted by atomic mass is 16.3. The molecule has 0 N–H and O–H groups in total. The van der Waals surface area contributed by atoms with E-state index in [4.69, 9.17) is 8.83 Å². The third-order valence-corrected chi connectivity index (χ3v) is 10.7. The first-order valence-electron chi connectivity index (χ1n) is 18.0. The van der Waals surface area contributed by atoms with E-state index in [1.807, 2.05) is 0 Å². The Kier molecular flexibility index (Phi) is 6.55. The standard InChI is InChI=1S/C50H31NO2/c1-2-14-32(15-3-1)35-18-8-10-24-43(35)51(45-26-13-27-46-47(45)42-31-29-34-17-5-7-20-37(34)49(42)52-46)44-25-11-9-21-38(44)39-22-12-23-40-41-30-28-33-16-4-6-19-36(33)48(41)53-50(39)40/h1-31H. The summed E-state index contributed by atoms with van der Waals surface area (Å²) in [5.41, 5.74) is 11.1. The fraction of sp³-hybridized carbons (Fsp3) is 0. The van der Waals surface area contributed by atoms with Gasteiger partial charge < -0.3 is 13.7 Å². The number of benzene rings is 9. The van der Waals surface area contributed by atoms with Crippen LogP contribution in [-0.2, 0) is 0 Å². The molecule has 0 saturated carbocycles. The molecule has 0 amide bonds. The van der Waals surface area contributed by atoms with Gasteiger partial charge in [-0.25, -0.2) is 0 Å². The van der Waals surface area contributed by atoms with Crippen LogP contribution >= 0.6 is 0 Å². The second-order valence-electron chi connectivity index (χ2n) is 13.6. The van der Waals surface area contributed by atoms with E-state index in [1.165, 1.54) is 0 Å². The van der Waals surface area contributed by atoms with Crippen molar-refractivity contribution < 1.29 is 8.83 Å². The number of para-hydroxylation sites is 3. The first-order valence-corrected chi connectivity index (χ1v) is 18.0. The Bertz CT molecular complexity index is 3190. The minimum Gasteiger partial charge on any atom is -0.455 e. The number of furan rings is 2. The van der Waals surface area contributed by atoms with Gasteiger partial charge in [0.15, 0.2) is 0 Å². The fourth-order valence-electron chi connectivity index (χ4n) is 8.28. The van der Waals surface area contributed by atoms with Gasteiger partial charge in [0.05, 0.1) is 22.4 Å². The maximum atomic E-state index is 6.91. The Hall–Kier alpha value is -7.10. The predicted molar refractivity (Wildman–Crippen MR) is 222 cm³/mol. The van der Waals surface area contributed by atoms with Gasteiger partial charge in [0.2, 0.25) is 0 Å². The monoisotopic (exact) mass is 677 g/mol. The molecule has 0 aliphatic heterocycles. The van der Waals surface area contributed by atoms with Gasteiger partial charge in [0.1, 0.15) is 22.3 Å². The van der Waals surface area contributed by atoms with Crippen LogP contribution in [0.4, 0.5) is 17.1 Å². The zero-order valence-electron chi connectivity index (χ0n) is 28.7. The van der Waals surface area contributed by atoms with E-state index >= 15 is 0 Å². The van der Waals surface area contributed by atoms with E-state index in [0.29, 0.717) is 0 Å². The number of fused-ring (bicyclic) bond motifs is 10. The minimum atomic E-state index is 0.847. The lowest BCUT2D eigenvalue weighted by Gasteiger charge is -2.30. The smallest absolute Gasteiger partial charge is 0.143 e. The number of nitrogens with zero attached hydrogens (tertiary/aromatic N) is 1. The summed E-state index contributed by atoms with van der Waals surface area (Å²) in [4.78, 5) is 2.42. The van der Waals surface area contributed by atoms with Crippen molar-refractivity contribution in [2.24, 2.45) is 0 Å². The van der Waals surface area contributed by atoms with E-state index in [2.05, 4.69) is 193 Å². The molecule has 3 nitrogen and oxygen atoms in total. The minimum absolute atomic E-state index is 0.847. The van der Waals surface area contributed by atoms with Gasteiger partial charge >= 0.3 is 0 Å². The van der Waals surface area contributed by atoms with E-state index in [1.54, 1.807) is 0 Å². The molecule has 11 rings (SSSR count). The first-order chi connectivity index (χ1) is 26.3. The van der Waals surface area contributed by atoms with Gasteiger partial charge in [-0.05, 0) is 52.7 Å². The molecule has 53 heavy (non-hydrogen) atoms. The molecule has 2 aromatic heterocycles. The number of hydrogen-bond donors (Lipinski definition) is 0. The van der Waals surface area contributed by atoms with Gasteiger partial charge in [-0.15, -0.1) is 0 Å². The van der Waals surface area contributed by atoms with Crippen LogP contribution in [0.5, 0.6) is 0 Å². The van der Waals surface area contributed by atoms with E-state index in [-0.39, 0.29) is 0 Å². The largest absolute Gasteiger partial charge is 0.455 e. The molecule has 0 unspecified atom stereocenters. The Morgan fingerprint density at radius 1 is 0.302 bits per heavy atom. The van der Waals surface area contributed by atoms with Gasteiger partial charge in [0.25, 0.3) is 0 Å². The SMILES string of the molecule is c1ccc(-c2ccccc2N(c2ccccc2-c2cccc3c2oc2c4ccccc4ccc32)c2cccc3oc4c5ccccc5ccc4c23)cc1. The quantitative estimate of drug-likeness (QED) is 0.182. The fourth-order valence-corrected chi connectivity index (χ4v) is 8.28. The van der Waals surface area contributed by atoms with Crippen LogP contribution in [0.2, 0.25) is 0 Å². The average molecular weight is 678 g/mol. The lowest BCUT2D eigenvalue weighted by atomic mass is 9.96. The van der Waals surface area contributed by atoms with Gasteiger partial charge in [-0.3, -0.25) is 0 Å². The summed E-state index contributed by atoms with van der Waals surface area (Å²) in [6.07, 6.45) is 0. The molecule has 0 aliphatic carbocycles. The number of hydrogen-bond acceptors (Lipinski definition) is 3. The summed E-state index contributed by atoms with van der Waals surface area (Å²) in [7, 11) is 0. The molecule has 0 aliphatic rings. The Morgan fingerprint density at radius 2 is 0.830 bits per heavy atom. The van der Waals surface area contributed by atoms with Crippen molar-refractivity contribution in [3.05, 3.63) is 188 Å². The number of rotatable bonds is 5. The summed E-state index contributed by atoms with van der Waals surface area (Å²) in [6.45, 7) is 0. The lowest BCUT2D eigenvalue weighted by Crippen LogP contribution is -2.12. The van der Waals surface area contributed by atoms with Crippen LogP contribution in [0.15, 0.2) is 197 Å². The van der Waals surface area contributed by atoms with Crippen LogP contribution < -0.4 is 4.90 Å². The van der Waals surface area contributed by atoms with Crippen LogP contribution in [0, 0.1) is 0 Å². The average Bonchev–Trinajstić information content (AvgIpc) is 3.82. The van der Waals surface area contributed by atoms with E-state index in [0.717, 1.165) is 105 Å². The molecule has 0 fully saturated rings. The van der Waals surface area contributed by atoms with Crippen molar-refractivity contribution in [2.45, 2.75) is 0 Å². The molecule has 0 radical (unpaired) electrons. The number of anilines is 3. The van der Waals surface area contributed by atoms with Gasteiger partial charge in [0, 0.05) is 43.6 Å². The predicted octanol–water partition coefficient (Wildman–Crippen LogP) is 14.6. The summed E-state index contributed by atoms with van der Waals surface area (Å²) >= 11 is 0. The highest BCUT2D eigenvalue weighted by molar-refractivity contribution is 6.21. The molecular formula is C50H31NO2. The van der Waals surface area contributed by atoms with Gasteiger partial charge in [-0.2, -0.15) is 0 Å². The molecule has 248 valence electrons. The highest BCUT2D eigenvalue weighted by Gasteiger charge is 2.25. The summed E-state index contributed by atoms with van der Waals surface area (Å²) < 4.78 is 13.7. The zero-order chi connectivity index (χ0) is 34.9. The lowest BCUT2D eigenvalue weighted by molar-refractivity contribution is 0.672. The molecule has 11 aromatic rings. The second kappa shape index (κ2) is 11.7. The Labute approximate surface area is 305 Å². The molecular weight excluding hydrogens is 647 g/mol. The molecule has 2 heterocycles. The second-order valence-corrected chi connectivity index (χ2v) is 13.6. The van der Waals surface area contributed by atoms with Crippen molar-refractivity contribution in [1.82, 2.24) is 0 Å². The van der Waals surface area contributed by atoms with Crippen molar-refractivity contribution in [2.75, 3.05) is 4.90 Å². The Morgan fingerprint density at radius 3 is 1.60 bits per heavy atom. The van der Waals surface area contributed by atoms with Crippen molar-refractivity contribution in [1.29, 1.82) is 0 Å². The third kappa shape index (κ3) is 4.54. The van der Waals surface area contributed by atoms with E-state index in [9.17, 15) is 0 Å². The van der Waals surface area contributed by atoms with Crippen molar-refractivity contribution in [3.8, 4) is 22.3 Å². The summed E-state index contributed by atoms with van der Waals surface area (Å²) in [5.74, 6) is 0. The van der Waals surface area contributed by atoms with Crippen molar-refractivity contribution >= 4 is 82.5 Å². The highest BCUT2D eigenvalue weighted by Crippen LogP contribution is 2.50. The molecule has 0 bridgehead atoms. The normalized spacial score (nSPS) is 11.8. The maximum Gasteiger partial charge on any atom is 0.143 e. The summed E-state index contributed by atoms with van der Waals surface area (Å²) in [5, 5.41) is 8.91. The molecule has 3 heteroatoms. The zero-order valence-corrected chi connectivity index (χ0v) is 28.7.